The minimum absolute atomic E-state index is 0.0403. The summed E-state index contributed by atoms with van der Waals surface area (Å²) in [5.74, 6) is 5.26. The van der Waals surface area contributed by atoms with Crippen molar-refractivity contribution in [3.05, 3.63) is 11.6 Å². The lowest BCUT2D eigenvalue weighted by atomic mass is 9.47. The molecule has 0 unspecified atom stereocenters. The van der Waals surface area contributed by atoms with Crippen LogP contribution in [0.1, 0.15) is 105 Å². The third-order valence-corrected chi connectivity index (χ3v) is 11.3. The number of halogens is 1. The van der Waals surface area contributed by atoms with Gasteiger partial charge < -0.3 is 4.74 Å². The lowest BCUT2D eigenvalue weighted by Gasteiger charge is -2.58. The van der Waals surface area contributed by atoms with E-state index in [-0.39, 0.29) is 12.1 Å². The van der Waals surface area contributed by atoms with E-state index in [4.69, 9.17) is 4.74 Å². The fourth-order valence-corrected chi connectivity index (χ4v) is 9.15. The van der Waals surface area contributed by atoms with Crippen molar-refractivity contribution < 1.29 is 9.53 Å². The van der Waals surface area contributed by atoms with Gasteiger partial charge in [0.15, 0.2) is 0 Å². The fourth-order valence-electron chi connectivity index (χ4n) is 8.97. The van der Waals surface area contributed by atoms with E-state index >= 15 is 0 Å². The molecule has 0 spiro atoms. The van der Waals surface area contributed by atoms with Crippen molar-refractivity contribution in [3.8, 4) is 0 Å². The maximum atomic E-state index is 11.8. The van der Waals surface area contributed by atoms with Gasteiger partial charge in [-0.1, -0.05) is 88.1 Å². The van der Waals surface area contributed by atoms with E-state index < -0.39 is 0 Å². The Balaban J connectivity index is 1.45. The van der Waals surface area contributed by atoms with Crippen LogP contribution in [0.4, 0.5) is 0 Å². The molecule has 4 aliphatic carbocycles. The first-order chi connectivity index (χ1) is 15.2. The topological polar surface area (TPSA) is 26.3 Å². The second-order valence-corrected chi connectivity index (χ2v) is 13.5. The predicted octanol–water partition coefficient (Wildman–Crippen LogP) is 8.37. The van der Waals surface area contributed by atoms with Gasteiger partial charge in [-0.2, -0.15) is 0 Å². The Hall–Kier alpha value is -0.0600. The van der Waals surface area contributed by atoms with Crippen LogP contribution >= 0.6 is 22.6 Å². The molecule has 32 heavy (non-hydrogen) atoms. The van der Waals surface area contributed by atoms with Crippen LogP contribution in [0.3, 0.4) is 0 Å². The summed E-state index contributed by atoms with van der Waals surface area (Å²) in [6.45, 7) is 12.6. The molecule has 0 heterocycles. The molecule has 0 N–H and O–H groups in total. The molecule has 3 fully saturated rings. The van der Waals surface area contributed by atoms with E-state index in [2.05, 4.69) is 63.3 Å². The normalized spacial score (nSPS) is 42.0. The molecule has 0 saturated heterocycles. The number of carbonyl (C=O) groups excluding carboxylic acids is 1. The maximum Gasteiger partial charge on any atom is 0.316 e. The average molecular weight is 555 g/mol. The summed E-state index contributed by atoms with van der Waals surface area (Å²) in [5, 5.41) is 0. The monoisotopic (exact) mass is 554 g/mol. The molecule has 0 aromatic heterocycles. The van der Waals surface area contributed by atoms with E-state index in [9.17, 15) is 4.79 Å². The van der Waals surface area contributed by atoms with Crippen LogP contribution in [-0.2, 0) is 9.53 Å². The molecule has 0 aliphatic heterocycles. The van der Waals surface area contributed by atoms with Crippen LogP contribution < -0.4 is 0 Å². The molecule has 2 nitrogen and oxygen atoms in total. The average Bonchev–Trinajstić information content (AvgIpc) is 3.11. The number of hydrogen-bond donors (Lipinski definition) is 0. The van der Waals surface area contributed by atoms with Gasteiger partial charge in [0, 0.05) is 6.42 Å². The predicted molar refractivity (Wildman–Crippen MR) is 142 cm³/mol. The number of carbonyl (C=O) groups is 1. The largest absolute Gasteiger partial charge is 0.461 e. The van der Waals surface area contributed by atoms with Crippen LogP contribution in [0.5, 0.6) is 0 Å². The van der Waals surface area contributed by atoms with Crippen molar-refractivity contribution in [1.82, 2.24) is 0 Å². The third kappa shape index (κ3) is 4.59. The van der Waals surface area contributed by atoms with Crippen molar-refractivity contribution in [2.24, 2.45) is 46.3 Å². The molecule has 182 valence electrons. The first-order valence-corrected chi connectivity index (χ1v) is 15.2. The van der Waals surface area contributed by atoms with Crippen molar-refractivity contribution in [3.63, 3.8) is 0 Å². The summed E-state index contributed by atoms with van der Waals surface area (Å²) in [6, 6.07) is 0. The van der Waals surface area contributed by atoms with Crippen molar-refractivity contribution >= 4 is 28.6 Å². The van der Waals surface area contributed by atoms with E-state index in [1.165, 1.54) is 57.8 Å². The highest BCUT2D eigenvalue weighted by Crippen LogP contribution is 2.67. The Kier molecular flexibility index (Phi) is 7.75. The van der Waals surface area contributed by atoms with Gasteiger partial charge in [0.2, 0.25) is 0 Å². The molecule has 4 aliphatic rings. The summed E-state index contributed by atoms with van der Waals surface area (Å²) in [7, 11) is 0. The number of esters is 1. The molecular weight excluding hydrogens is 507 g/mol. The summed E-state index contributed by atoms with van der Waals surface area (Å²) < 4.78 is 6.22. The third-order valence-electron chi connectivity index (χ3n) is 10.7. The lowest BCUT2D eigenvalue weighted by molar-refractivity contribution is -0.147. The summed E-state index contributed by atoms with van der Waals surface area (Å²) in [6.07, 6.45) is 17.3. The van der Waals surface area contributed by atoms with Gasteiger partial charge in [0.1, 0.15) is 6.10 Å². The van der Waals surface area contributed by atoms with Crippen LogP contribution in [0, 0.1) is 46.3 Å². The van der Waals surface area contributed by atoms with E-state index in [1.807, 2.05) is 0 Å². The van der Waals surface area contributed by atoms with Crippen LogP contribution in [0.2, 0.25) is 0 Å². The first-order valence-electron chi connectivity index (χ1n) is 13.6. The Bertz CT molecular complexity index is 714. The second kappa shape index (κ2) is 9.90. The Morgan fingerprint density at radius 3 is 2.59 bits per heavy atom. The standard InChI is InChI=1S/C29H47IO2/c1-19(2)7-6-8-20(3)24-11-12-25-23-10-9-21-17-22(32-27(31)18-30)13-15-28(21,4)26(23)14-16-29(24,25)5/h9,19-20,22-26H,6-8,10-18H2,1-5H3/t20-,22+,23+,24-,25+,26+,28+,29-/m1/s1. The number of hydrogen-bond acceptors (Lipinski definition) is 2. The van der Waals surface area contributed by atoms with Gasteiger partial charge in [-0.3, -0.25) is 4.79 Å². The lowest BCUT2D eigenvalue weighted by Crippen LogP contribution is -2.51. The van der Waals surface area contributed by atoms with Crippen LogP contribution in [-0.4, -0.2) is 16.5 Å². The van der Waals surface area contributed by atoms with Crippen LogP contribution in [0.25, 0.3) is 0 Å². The van der Waals surface area contributed by atoms with Crippen molar-refractivity contribution in [2.45, 2.75) is 111 Å². The number of rotatable bonds is 7. The van der Waals surface area contributed by atoms with Gasteiger partial charge in [-0.05, 0) is 91.3 Å². The zero-order valence-corrected chi connectivity index (χ0v) is 23.5. The van der Waals surface area contributed by atoms with Crippen molar-refractivity contribution in [2.75, 3.05) is 4.43 Å². The van der Waals surface area contributed by atoms with Gasteiger partial charge in [0.25, 0.3) is 0 Å². The van der Waals surface area contributed by atoms with Crippen LogP contribution in [0.15, 0.2) is 11.6 Å². The Labute approximate surface area is 211 Å². The van der Waals surface area contributed by atoms with Gasteiger partial charge in [-0.25, -0.2) is 0 Å². The quantitative estimate of drug-likeness (QED) is 0.137. The maximum absolute atomic E-state index is 11.8. The summed E-state index contributed by atoms with van der Waals surface area (Å²) in [5.41, 5.74) is 2.53. The first kappa shape index (κ1) is 25.0. The van der Waals surface area contributed by atoms with Gasteiger partial charge in [0.05, 0.1) is 4.43 Å². The molecule has 0 radical (unpaired) electrons. The fraction of sp³-hybridized carbons (Fsp3) is 0.897. The SMILES string of the molecule is CC(C)CCC[C@@H](C)[C@H]1CC[C@H]2[C@@H]3CC=C4C[C@@H](OC(=O)CI)CC[C@]4(C)[C@H]3CC[C@]12C. The number of ether oxygens (including phenoxy) is 1. The number of alkyl halides is 1. The molecule has 0 aromatic rings. The Morgan fingerprint density at radius 1 is 1.09 bits per heavy atom. The molecular formula is C29H47IO2. The zero-order valence-electron chi connectivity index (χ0n) is 21.3. The van der Waals surface area contributed by atoms with Gasteiger partial charge in [-0.15, -0.1) is 0 Å². The molecule has 3 saturated carbocycles. The van der Waals surface area contributed by atoms with Crippen molar-refractivity contribution in [1.29, 1.82) is 0 Å². The van der Waals surface area contributed by atoms with E-state index in [0.29, 0.717) is 15.3 Å². The Morgan fingerprint density at radius 2 is 1.88 bits per heavy atom. The highest BCUT2D eigenvalue weighted by atomic mass is 127. The molecule has 0 amide bonds. The minimum atomic E-state index is -0.0403. The summed E-state index contributed by atoms with van der Waals surface area (Å²) in [4.78, 5) is 11.8. The summed E-state index contributed by atoms with van der Waals surface area (Å²) >= 11 is 2.12. The highest BCUT2D eigenvalue weighted by Gasteiger charge is 2.59. The zero-order chi connectivity index (χ0) is 23.1. The molecule has 8 atom stereocenters. The molecule has 3 heteroatoms. The van der Waals surface area contributed by atoms with Gasteiger partial charge >= 0.3 is 5.97 Å². The highest BCUT2D eigenvalue weighted by molar-refractivity contribution is 14.1. The van der Waals surface area contributed by atoms with E-state index in [0.717, 1.165) is 48.3 Å². The van der Waals surface area contributed by atoms with E-state index in [1.54, 1.807) is 5.57 Å². The molecule has 4 rings (SSSR count). The molecule has 0 aromatic carbocycles. The molecule has 0 bridgehead atoms. The number of allylic oxidation sites excluding steroid dienone is 1. The smallest absolute Gasteiger partial charge is 0.316 e. The number of fused-ring (bicyclic) bond motifs is 5. The minimum Gasteiger partial charge on any atom is -0.461 e. The second-order valence-electron chi connectivity index (χ2n) is 12.8.